The van der Waals surface area contributed by atoms with Gasteiger partial charge in [0.2, 0.25) is 5.88 Å². The molecule has 4 nitrogen and oxygen atoms in total. The molecule has 1 N–H and O–H groups in total. The number of rotatable bonds is 4. The van der Waals surface area contributed by atoms with Crippen LogP contribution in [0.1, 0.15) is 17.6 Å². The number of halogens is 6. The lowest BCUT2D eigenvalue weighted by Gasteiger charge is -2.14. The molecular weight excluding hydrogens is 301 g/mol. The molecule has 0 amide bonds. The smallest absolute Gasteiger partial charge is 0.481 e. The summed E-state index contributed by atoms with van der Waals surface area (Å²) in [5.41, 5.74) is -1.63. The predicted molar refractivity (Wildman–Crippen MR) is 52.2 cm³/mol. The van der Waals surface area contributed by atoms with Gasteiger partial charge in [0.25, 0.3) is 6.43 Å². The van der Waals surface area contributed by atoms with Crippen molar-refractivity contribution in [3.8, 4) is 5.88 Å². The van der Waals surface area contributed by atoms with Crippen molar-refractivity contribution >= 4 is 17.6 Å². The monoisotopic (exact) mass is 305 g/mol. The van der Waals surface area contributed by atoms with Crippen LogP contribution in [-0.4, -0.2) is 22.4 Å². The number of nitrogens with zero attached hydrogens (tertiary/aromatic N) is 1. The van der Waals surface area contributed by atoms with Crippen LogP contribution < -0.4 is 4.74 Å². The number of aliphatic carboxylic acids is 1. The molecule has 1 heterocycles. The molecule has 0 spiro atoms. The Morgan fingerprint density at radius 2 is 2.05 bits per heavy atom. The van der Waals surface area contributed by atoms with E-state index in [-0.39, 0.29) is 5.56 Å². The molecular formula is C9H5ClF5NO3. The summed E-state index contributed by atoms with van der Waals surface area (Å²) in [5.74, 6) is -2.80. The van der Waals surface area contributed by atoms with Gasteiger partial charge in [-0.15, -0.1) is 13.2 Å². The average molecular weight is 306 g/mol. The molecule has 1 aromatic heterocycles. The average Bonchev–Trinajstić information content (AvgIpc) is 2.19. The molecule has 0 unspecified atom stereocenters. The second-order valence-electron chi connectivity index (χ2n) is 3.24. The summed E-state index contributed by atoms with van der Waals surface area (Å²) in [6.07, 6.45) is -8.72. The minimum absolute atomic E-state index is 0.334. The first kappa shape index (κ1) is 15.4. The lowest BCUT2D eigenvalue weighted by atomic mass is 10.1. The maximum Gasteiger partial charge on any atom is 0.574 e. The molecule has 10 heteroatoms. The molecule has 0 atom stereocenters. The Kier molecular flexibility index (Phi) is 4.51. The molecule has 0 radical (unpaired) electrons. The molecule has 0 aliphatic carbocycles. The van der Waals surface area contributed by atoms with E-state index >= 15 is 0 Å². The molecule has 0 aromatic carbocycles. The molecule has 0 aliphatic rings. The van der Waals surface area contributed by atoms with Gasteiger partial charge in [-0.2, -0.15) is 0 Å². The first-order chi connectivity index (χ1) is 8.61. The molecule has 0 fully saturated rings. The van der Waals surface area contributed by atoms with Crippen LogP contribution in [0.25, 0.3) is 0 Å². The number of carbonyl (C=O) groups is 1. The van der Waals surface area contributed by atoms with Crippen LogP contribution in [-0.2, 0) is 11.2 Å². The molecule has 0 saturated heterocycles. The summed E-state index contributed by atoms with van der Waals surface area (Å²) >= 11 is 5.45. The third-order valence-corrected chi connectivity index (χ3v) is 2.31. The lowest BCUT2D eigenvalue weighted by Crippen LogP contribution is -2.19. The van der Waals surface area contributed by atoms with Gasteiger partial charge in [0, 0.05) is 11.8 Å². The highest BCUT2D eigenvalue weighted by atomic mass is 35.5. The van der Waals surface area contributed by atoms with Crippen LogP contribution in [0.5, 0.6) is 5.88 Å². The highest BCUT2D eigenvalue weighted by molar-refractivity contribution is 6.32. The van der Waals surface area contributed by atoms with Gasteiger partial charge in [0.05, 0.1) is 17.0 Å². The lowest BCUT2D eigenvalue weighted by molar-refractivity contribution is -0.276. The third-order valence-electron chi connectivity index (χ3n) is 1.86. The maximum absolute atomic E-state index is 12.7. The van der Waals surface area contributed by atoms with E-state index in [1.54, 1.807) is 0 Å². The largest absolute Gasteiger partial charge is 0.574 e. The quantitative estimate of drug-likeness (QED) is 0.868. The first-order valence-corrected chi connectivity index (χ1v) is 4.92. The summed E-state index contributed by atoms with van der Waals surface area (Å²) in [6.45, 7) is 0. The molecule has 0 saturated carbocycles. The molecule has 106 valence electrons. The van der Waals surface area contributed by atoms with Gasteiger partial charge in [0.1, 0.15) is 0 Å². The van der Waals surface area contributed by atoms with Crippen molar-refractivity contribution in [2.75, 3.05) is 0 Å². The van der Waals surface area contributed by atoms with Crippen molar-refractivity contribution in [1.29, 1.82) is 0 Å². The Morgan fingerprint density at radius 1 is 1.47 bits per heavy atom. The minimum atomic E-state index is -5.21. The molecule has 1 aromatic rings. The topological polar surface area (TPSA) is 59.4 Å². The van der Waals surface area contributed by atoms with Crippen LogP contribution in [0.15, 0.2) is 6.20 Å². The second-order valence-corrected chi connectivity index (χ2v) is 3.61. The van der Waals surface area contributed by atoms with E-state index in [0.717, 1.165) is 0 Å². The van der Waals surface area contributed by atoms with Crippen LogP contribution >= 0.6 is 11.6 Å². The van der Waals surface area contributed by atoms with Crippen LogP contribution in [0.3, 0.4) is 0 Å². The van der Waals surface area contributed by atoms with Crippen molar-refractivity contribution < 1.29 is 36.6 Å². The van der Waals surface area contributed by atoms with E-state index < -0.39 is 41.6 Å². The summed E-state index contributed by atoms with van der Waals surface area (Å²) in [5, 5.41) is 7.68. The number of carboxylic acids is 1. The summed E-state index contributed by atoms with van der Waals surface area (Å²) in [4.78, 5) is 13.5. The summed E-state index contributed by atoms with van der Waals surface area (Å²) in [6, 6.07) is 0. The predicted octanol–water partition coefficient (Wildman–Crippen LogP) is 3.20. The molecule has 19 heavy (non-hydrogen) atoms. The van der Waals surface area contributed by atoms with Gasteiger partial charge in [-0.3, -0.25) is 4.79 Å². The number of ether oxygens (including phenoxy) is 1. The van der Waals surface area contributed by atoms with Gasteiger partial charge in [-0.1, -0.05) is 11.6 Å². The van der Waals surface area contributed by atoms with Gasteiger partial charge in [-0.25, -0.2) is 13.8 Å². The number of carboxylic acid groups (broad SMARTS) is 1. The van der Waals surface area contributed by atoms with Gasteiger partial charge in [-0.05, 0) is 0 Å². The normalized spacial score (nSPS) is 11.7. The number of hydrogen-bond acceptors (Lipinski definition) is 3. The van der Waals surface area contributed by atoms with Crippen molar-refractivity contribution in [3.63, 3.8) is 0 Å². The maximum atomic E-state index is 12.7. The van der Waals surface area contributed by atoms with Crippen LogP contribution in [0.2, 0.25) is 5.02 Å². The zero-order valence-electron chi connectivity index (χ0n) is 8.84. The zero-order valence-corrected chi connectivity index (χ0v) is 9.60. The van der Waals surface area contributed by atoms with Crippen molar-refractivity contribution in [3.05, 3.63) is 22.3 Å². The molecule has 0 aliphatic heterocycles. The Morgan fingerprint density at radius 3 is 2.47 bits per heavy atom. The Balaban J connectivity index is 3.27. The van der Waals surface area contributed by atoms with Gasteiger partial charge >= 0.3 is 12.3 Å². The van der Waals surface area contributed by atoms with Gasteiger partial charge in [0.15, 0.2) is 0 Å². The number of aromatic nitrogens is 1. The summed E-state index contributed by atoms with van der Waals surface area (Å²) in [7, 11) is 0. The van der Waals surface area contributed by atoms with E-state index in [1.807, 2.05) is 0 Å². The van der Waals surface area contributed by atoms with E-state index in [9.17, 15) is 26.7 Å². The summed E-state index contributed by atoms with van der Waals surface area (Å²) < 4.78 is 64.6. The molecule has 0 bridgehead atoms. The number of alkyl halides is 5. The highest BCUT2D eigenvalue weighted by Crippen LogP contribution is 2.38. The van der Waals surface area contributed by atoms with Crippen LogP contribution in [0.4, 0.5) is 22.0 Å². The fourth-order valence-electron chi connectivity index (χ4n) is 1.20. The second kappa shape index (κ2) is 5.55. The zero-order chi connectivity index (χ0) is 14.8. The van der Waals surface area contributed by atoms with E-state index in [1.165, 1.54) is 0 Å². The van der Waals surface area contributed by atoms with Crippen molar-refractivity contribution in [1.82, 2.24) is 4.98 Å². The van der Waals surface area contributed by atoms with Crippen molar-refractivity contribution in [2.45, 2.75) is 19.2 Å². The number of pyridine rings is 1. The SMILES string of the molecule is O=C(O)Cc1cnc(OC(F)(F)F)c(C(F)F)c1Cl. The van der Waals surface area contributed by atoms with E-state index in [4.69, 9.17) is 16.7 Å². The number of hydrogen-bond donors (Lipinski definition) is 1. The Hall–Kier alpha value is -1.64. The van der Waals surface area contributed by atoms with E-state index in [2.05, 4.69) is 9.72 Å². The minimum Gasteiger partial charge on any atom is -0.481 e. The third kappa shape index (κ3) is 4.19. The highest BCUT2D eigenvalue weighted by Gasteiger charge is 2.35. The standard InChI is InChI=1S/C9H5ClF5NO3/c10-6-3(1-4(17)18)2-16-8(5(6)7(11)12)19-9(13,14)15/h2,7H,1H2,(H,17,18). The molecule has 1 rings (SSSR count). The van der Waals surface area contributed by atoms with Gasteiger partial charge < -0.3 is 9.84 Å². The van der Waals surface area contributed by atoms with E-state index in [0.29, 0.717) is 6.20 Å². The van der Waals surface area contributed by atoms with Crippen LogP contribution in [0, 0.1) is 0 Å². The Labute approximate surface area is 107 Å². The first-order valence-electron chi connectivity index (χ1n) is 4.54. The van der Waals surface area contributed by atoms with Crippen molar-refractivity contribution in [2.24, 2.45) is 0 Å². The Bertz CT molecular complexity index is 491. The fourth-order valence-corrected chi connectivity index (χ4v) is 1.47. The fraction of sp³-hybridized carbons (Fsp3) is 0.333.